The van der Waals surface area contributed by atoms with E-state index in [1.807, 2.05) is 61.5 Å². The minimum atomic E-state index is -3.58. The number of nitrogens with zero attached hydrogens (tertiary/aromatic N) is 2. The molecule has 0 bridgehead atoms. The summed E-state index contributed by atoms with van der Waals surface area (Å²) in [5.74, 6) is -0.184. The maximum Gasteiger partial charge on any atom is 0.243 e. The number of carbonyl (C=O) groups excluding carboxylic acids is 1. The second-order valence-electron chi connectivity index (χ2n) is 8.44. The number of anilines is 2. The van der Waals surface area contributed by atoms with Crippen molar-refractivity contribution in [2.45, 2.75) is 30.6 Å². The maximum absolute atomic E-state index is 13.1. The van der Waals surface area contributed by atoms with Gasteiger partial charge in [0.15, 0.2) is 0 Å². The van der Waals surface area contributed by atoms with Gasteiger partial charge in [-0.1, -0.05) is 48.9 Å². The molecular formula is C25H29N3O3S. The molecule has 0 aliphatic carbocycles. The van der Waals surface area contributed by atoms with E-state index in [-0.39, 0.29) is 17.2 Å². The molecule has 0 saturated carbocycles. The lowest BCUT2D eigenvalue weighted by atomic mass is 10.0. The van der Waals surface area contributed by atoms with Gasteiger partial charge >= 0.3 is 0 Å². The molecule has 1 N–H and O–H groups in total. The van der Waals surface area contributed by atoms with Crippen LogP contribution in [-0.4, -0.2) is 45.8 Å². The van der Waals surface area contributed by atoms with Crippen molar-refractivity contribution >= 4 is 38.1 Å². The molecule has 7 heteroatoms. The van der Waals surface area contributed by atoms with Crippen molar-refractivity contribution in [1.29, 1.82) is 0 Å². The molecule has 1 aliphatic heterocycles. The van der Waals surface area contributed by atoms with Crippen molar-refractivity contribution < 1.29 is 13.2 Å². The van der Waals surface area contributed by atoms with Crippen LogP contribution >= 0.6 is 0 Å². The molecule has 32 heavy (non-hydrogen) atoms. The molecule has 168 valence electrons. The van der Waals surface area contributed by atoms with Gasteiger partial charge in [0, 0.05) is 27.2 Å². The van der Waals surface area contributed by atoms with Gasteiger partial charge in [0.1, 0.15) is 0 Å². The number of benzene rings is 3. The summed E-state index contributed by atoms with van der Waals surface area (Å²) in [6, 6.07) is 19.0. The van der Waals surface area contributed by atoms with E-state index in [4.69, 9.17) is 0 Å². The van der Waals surface area contributed by atoms with Crippen LogP contribution in [0.3, 0.4) is 0 Å². The molecule has 1 amide bonds. The van der Waals surface area contributed by atoms with Gasteiger partial charge in [0.25, 0.3) is 0 Å². The minimum absolute atomic E-state index is 0.184. The first-order valence-electron chi connectivity index (χ1n) is 10.9. The third kappa shape index (κ3) is 4.79. The molecule has 0 spiro atoms. The average Bonchev–Trinajstić information content (AvgIpc) is 2.79. The lowest BCUT2D eigenvalue weighted by Crippen LogP contribution is -2.35. The van der Waals surface area contributed by atoms with Crippen molar-refractivity contribution in [3.05, 3.63) is 66.2 Å². The number of sulfonamides is 1. The largest absolute Gasteiger partial charge is 0.376 e. The number of carbonyl (C=O) groups is 1. The first-order chi connectivity index (χ1) is 15.3. The van der Waals surface area contributed by atoms with Gasteiger partial charge in [0.05, 0.1) is 22.7 Å². The number of piperidine rings is 1. The molecule has 0 unspecified atom stereocenters. The third-order valence-electron chi connectivity index (χ3n) is 5.86. The lowest BCUT2D eigenvalue weighted by Gasteiger charge is -2.26. The van der Waals surface area contributed by atoms with Crippen LogP contribution in [0.15, 0.2) is 65.6 Å². The molecule has 6 nitrogen and oxygen atoms in total. The van der Waals surface area contributed by atoms with E-state index < -0.39 is 10.0 Å². The van der Waals surface area contributed by atoms with Gasteiger partial charge in [-0.15, -0.1) is 0 Å². The molecule has 0 aromatic heterocycles. The molecule has 4 rings (SSSR count). The molecule has 1 aliphatic rings. The van der Waals surface area contributed by atoms with Gasteiger partial charge in [-0.2, -0.15) is 4.31 Å². The van der Waals surface area contributed by atoms with Crippen LogP contribution in [0.4, 0.5) is 11.4 Å². The number of rotatable bonds is 6. The van der Waals surface area contributed by atoms with Gasteiger partial charge in [0.2, 0.25) is 15.9 Å². The van der Waals surface area contributed by atoms with Crippen molar-refractivity contribution in [1.82, 2.24) is 4.31 Å². The van der Waals surface area contributed by atoms with E-state index in [0.717, 1.165) is 41.3 Å². The predicted octanol–water partition coefficient (Wildman–Crippen LogP) is 4.26. The van der Waals surface area contributed by atoms with Crippen molar-refractivity contribution in [3.63, 3.8) is 0 Å². The van der Waals surface area contributed by atoms with Crippen LogP contribution < -0.4 is 10.2 Å². The zero-order chi connectivity index (χ0) is 22.7. The molecular weight excluding hydrogens is 422 g/mol. The zero-order valence-electron chi connectivity index (χ0n) is 18.5. The third-order valence-corrected chi connectivity index (χ3v) is 7.75. The highest BCUT2D eigenvalue weighted by molar-refractivity contribution is 7.89. The van der Waals surface area contributed by atoms with Crippen molar-refractivity contribution in [2.75, 3.05) is 37.4 Å². The number of hydrogen-bond donors (Lipinski definition) is 1. The molecule has 0 radical (unpaired) electrons. The minimum Gasteiger partial charge on any atom is -0.376 e. The standard InChI is InChI=1S/C25H29N3O3S/c1-27(2)24-13-12-22(32(30,31)28-14-6-3-7-15-28)18-23(24)26-25(29)17-19-10-11-20-8-4-5-9-21(20)16-19/h4-5,8-13,16,18H,3,6-7,14-15,17H2,1-2H3,(H,26,29). The van der Waals surface area contributed by atoms with Crippen LogP contribution in [0.5, 0.6) is 0 Å². The van der Waals surface area contributed by atoms with E-state index in [2.05, 4.69) is 5.32 Å². The topological polar surface area (TPSA) is 69.7 Å². The number of hydrogen-bond acceptors (Lipinski definition) is 4. The molecule has 0 atom stereocenters. The first-order valence-corrected chi connectivity index (χ1v) is 12.4. The highest BCUT2D eigenvalue weighted by Crippen LogP contribution is 2.30. The normalized spacial score (nSPS) is 14.9. The summed E-state index contributed by atoms with van der Waals surface area (Å²) >= 11 is 0. The van der Waals surface area contributed by atoms with Crippen molar-refractivity contribution in [3.8, 4) is 0 Å². The predicted molar refractivity (Wildman–Crippen MR) is 130 cm³/mol. The smallest absolute Gasteiger partial charge is 0.243 e. The Labute approximate surface area is 189 Å². The average molecular weight is 452 g/mol. The summed E-state index contributed by atoms with van der Waals surface area (Å²) in [6.45, 7) is 1.09. The van der Waals surface area contributed by atoms with Gasteiger partial charge in [-0.3, -0.25) is 4.79 Å². The Kier molecular flexibility index (Phi) is 6.48. The van der Waals surface area contributed by atoms with Crippen LogP contribution in [0.2, 0.25) is 0 Å². The Balaban J connectivity index is 1.58. The summed E-state index contributed by atoms with van der Waals surface area (Å²) in [4.78, 5) is 14.9. The van der Waals surface area contributed by atoms with E-state index in [1.165, 1.54) is 0 Å². The molecule has 1 fully saturated rings. The van der Waals surface area contributed by atoms with Crippen molar-refractivity contribution in [2.24, 2.45) is 0 Å². The van der Waals surface area contributed by atoms with Crippen LogP contribution in [0, 0.1) is 0 Å². The monoisotopic (exact) mass is 451 g/mol. The fraction of sp³-hybridized carbons (Fsp3) is 0.320. The second-order valence-corrected chi connectivity index (χ2v) is 10.4. The fourth-order valence-electron chi connectivity index (χ4n) is 4.15. The van der Waals surface area contributed by atoms with Crippen LogP contribution in [-0.2, 0) is 21.2 Å². The molecule has 1 heterocycles. The second kappa shape index (κ2) is 9.30. The number of amides is 1. The van der Waals surface area contributed by atoms with E-state index in [0.29, 0.717) is 18.8 Å². The van der Waals surface area contributed by atoms with Gasteiger partial charge in [-0.25, -0.2) is 8.42 Å². The van der Waals surface area contributed by atoms with Gasteiger partial charge < -0.3 is 10.2 Å². The van der Waals surface area contributed by atoms with Crippen LogP contribution in [0.25, 0.3) is 10.8 Å². The van der Waals surface area contributed by atoms with E-state index in [9.17, 15) is 13.2 Å². The highest BCUT2D eigenvalue weighted by atomic mass is 32.2. The fourth-order valence-corrected chi connectivity index (χ4v) is 5.69. The summed E-state index contributed by atoms with van der Waals surface area (Å²) in [7, 11) is 0.154. The Morgan fingerprint density at radius 2 is 1.66 bits per heavy atom. The molecule has 3 aromatic carbocycles. The van der Waals surface area contributed by atoms with Crippen LogP contribution in [0.1, 0.15) is 24.8 Å². The maximum atomic E-state index is 13.1. The number of nitrogens with one attached hydrogen (secondary N) is 1. The zero-order valence-corrected chi connectivity index (χ0v) is 19.4. The number of fused-ring (bicyclic) bond motifs is 1. The quantitative estimate of drug-likeness (QED) is 0.608. The Morgan fingerprint density at radius 1 is 0.938 bits per heavy atom. The Morgan fingerprint density at radius 3 is 2.38 bits per heavy atom. The van der Waals surface area contributed by atoms with Gasteiger partial charge in [-0.05, 0) is 47.4 Å². The van der Waals surface area contributed by atoms with E-state index >= 15 is 0 Å². The summed E-state index contributed by atoms with van der Waals surface area (Å²) in [6.07, 6.45) is 3.02. The molecule has 1 saturated heterocycles. The lowest BCUT2D eigenvalue weighted by molar-refractivity contribution is -0.115. The summed E-state index contributed by atoms with van der Waals surface area (Å²) < 4.78 is 27.8. The Bertz CT molecular complexity index is 1230. The Hall–Kier alpha value is -2.90. The first kappa shape index (κ1) is 22.3. The molecule has 3 aromatic rings. The summed E-state index contributed by atoms with van der Waals surface area (Å²) in [5.41, 5.74) is 2.16. The SMILES string of the molecule is CN(C)c1ccc(S(=O)(=O)N2CCCCC2)cc1NC(=O)Cc1ccc2ccccc2c1. The summed E-state index contributed by atoms with van der Waals surface area (Å²) in [5, 5.41) is 5.15. The highest BCUT2D eigenvalue weighted by Gasteiger charge is 2.27. The van der Waals surface area contributed by atoms with E-state index in [1.54, 1.807) is 22.5 Å².